The second-order valence-corrected chi connectivity index (χ2v) is 4.32. The van der Waals surface area contributed by atoms with E-state index in [2.05, 4.69) is 10.6 Å². The average Bonchev–Trinajstić information content (AvgIpc) is 2.18. The van der Waals surface area contributed by atoms with Crippen molar-refractivity contribution in [1.29, 1.82) is 0 Å². The van der Waals surface area contributed by atoms with Gasteiger partial charge >= 0.3 is 0 Å². The molecule has 5 heteroatoms. The molecule has 1 fully saturated rings. The van der Waals surface area contributed by atoms with Gasteiger partial charge < -0.3 is 16.4 Å². The first-order valence-corrected chi connectivity index (χ1v) is 5.38. The van der Waals surface area contributed by atoms with E-state index < -0.39 is 0 Å². The summed E-state index contributed by atoms with van der Waals surface area (Å²) in [5.41, 5.74) is 5.74. The van der Waals surface area contributed by atoms with Gasteiger partial charge in [-0.25, -0.2) is 0 Å². The second kappa shape index (κ2) is 7.04. The number of hydrogen-bond acceptors (Lipinski definition) is 3. The lowest BCUT2D eigenvalue weighted by Crippen LogP contribution is -2.52. The van der Waals surface area contributed by atoms with Crippen molar-refractivity contribution >= 4 is 18.3 Å². The van der Waals surface area contributed by atoms with E-state index in [1.165, 1.54) is 0 Å². The fraction of sp³-hybridized carbons (Fsp3) is 0.900. The third kappa shape index (κ3) is 4.82. The first-order chi connectivity index (χ1) is 6.61. The van der Waals surface area contributed by atoms with Crippen LogP contribution in [0.4, 0.5) is 0 Å². The summed E-state index contributed by atoms with van der Waals surface area (Å²) in [6, 6.07) is -0.113. The third-order valence-corrected chi connectivity index (χ3v) is 2.66. The number of rotatable bonds is 3. The molecule has 15 heavy (non-hydrogen) atoms. The molecule has 0 saturated carbocycles. The smallest absolute Gasteiger partial charge is 0.237 e. The van der Waals surface area contributed by atoms with Crippen LogP contribution >= 0.6 is 12.4 Å². The van der Waals surface area contributed by atoms with E-state index in [4.69, 9.17) is 5.73 Å². The summed E-state index contributed by atoms with van der Waals surface area (Å²) < 4.78 is 0. The minimum Gasteiger partial charge on any atom is -0.351 e. The number of carbonyl (C=O) groups excluding carboxylic acids is 1. The Kier molecular flexibility index (Phi) is 6.89. The molecule has 4 N–H and O–H groups in total. The van der Waals surface area contributed by atoms with E-state index in [1.54, 1.807) is 0 Å². The van der Waals surface area contributed by atoms with E-state index in [9.17, 15) is 4.79 Å². The summed E-state index contributed by atoms with van der Waals surface area (Å²) >= 11 is 0. The lowest BCUT2D eigenvalue weighted by Gasteiger charge is -2.26. The van der Waals surface area contributed by atoms with Crippen LogP contribution in [0.2, 0.25) is 0 Å². The topological polar surface area (TPSA) is 67.2 Å². The van der Waals surface area contributed by atoms with Crippen LogP contribution in [0.25, 0.3) is 0 Å². The van der Waals surface area contributed by atoms with E-state index in [1.807, 2.05) is 13.8 Å². The largest absolute Gasteiger partial charge is 0.351 e. The summed E-state index contributed by atoms with van der Waals surface area (Å²) in [6.07, 6.45) is 2.19. The lowest BCUT2D eigenvalue weighted by atomic mass is 10.0. The van der Waals surface area contributed by atoms with Crippen LogP contribution < -0.4 is 16.4 Å². The highest BCUT2D eigenvalue weighted by atomic mass is 35.5. The fourth-order valence-electron chi connectivity index (χ4n) is 1.58. The Morgan fingerprint density at radius 3 is 2.67 bits per heavy atom. The number of piperidine rings is 1. The Labute approximate surface area is 97.8 Å². The molecule has 0 aromatic rings. The van der Waals surface area contributed by atoms with Crippen LogP contribution in [0.1, 0.15) is 26.7 Å². The zero-order valence-corrected chi connectivity index (χ0v) is 10.3. The minimum absolute atomic E-state index is 0. The van der Waals surface area contributed by atoms with Gasteiger partial charge in [0.2, 0.25) is 5.91 Å². The molecule has 1 saturated heterocycles. The average molecular weight is 236 g/mol. The lowest BCUT2D eigenvalue weighted by molar-refractivity contribution is -0.124. The van der Waals surface area contributed by atoms with E-state index in [0.29, 0.717) is 0 Å². The van der Waals surface area contributed by atoms with Crippen LogP contribution in [0.3, 0.4) is 0 Å². The first kappa shape index (κ1) is 14.7. The fourth-order valence-corrected chi connectivity index (χ4v) is 1.58. The highest BCUT2D eigenvalue weighted by Gasteiger charge is 2.21. The van der Waals surface area contributed by atoms with Crippen molar-refractivity contribution in [3.63, 3.8) is 0 Å². The number of amides is 1. The van der Waals surface area contributed by atoms with Crippen molar-refractivity contribution < 1.29 is 4.79 Å². The van der Waals surface area contributed by atoms with Gasteiger partial charge in [0.05, 0.1) is 6.04 Å². The normalized spacial score (nSPS) is 23.1. The van der Waals surface area contributed by atoms with Crippen molar-refractivity contribution in [3.8, 4) is 0 Å². The molecule has 1 aliphatic rings. The Bertz CT molecular complexity index is 193. The Morgan fingerprint density at radius 2 is 2.20 bits per heavy atom. The van der Waals surface area contributed by atoms with Crippen molar-refractivity contribution in [2.45, 2.75) is 38.8 Å². The molecule has 1 amide bonds. The molecular formula is C10H22ClN3O. The van der Waals surface area contributed by atoms with Crippen molar-refractivity contribution in [1.82, 2.24) is 10.6 Å². The summed E-state index contributed by atoms with van der Waals surface area (Å²) in [5, 5.41) is 6.23. The summed E-state index contributed by atoms with van der Waals surface area (Å²) in [5.74, 6) is 0.181. The standard InChI is InChI=1S/C10H21N3O.ClH/c1-7(2)9(11)10(14)13-8-4-3-5-12-6-8;/h7-9,12H,3-6,11H2,1-2H3,(H,13,14);1H. The van der Waals surface area contributed by atoms with Crippen LogP contribution in [-0.4, -0.2) is 31.1 Å². The summed E-state index contributed by atoms with van der Waals surface area (Å²) in [4.78, 5) is 11.6. The van der Waals surface area contributed by atoms with E-state index in [-0.39, 0.29) is 36.3 Å². The summed E-state index contributed by atoms with van der Waals surface area (Å²) in [7, 11) is 0. The molecule has 0 radical (unpaired) electrons. The van der Waals surface area contributed by atoms with Gasteiger partial charge in [0.15, 0.2) is 0 Å². The zero-order chi connectivity index (χ0) is 10.6. The molecule has 1 aliphatic heterocycles. The Morgan fingerprint density at radius 1 is 1.53 bits per heavy atom. The SMILES string of the molecule is CC(C)C(N)C(=O)NC1CCCNC1.Cl. The molecule has 0 spiro atoms. The molecule has 2 atom stereocenters. The van der Waals surface area contributed by atoms with Gasteiger partial charge in [-0.05, 0) is 25.3 Å². The van der Waals surface area contributed by atoms with E-state index >= 15 is 0 Å². The number of halogens is 1. The molecule has 0 aliphatic carbocycles. The number of carbonyl (C=O) groups is 1. The highest BCUT2D eigenvalue weighted by Crippen LogP contribution is 2.03. The molecule has 1 heterocycles. The molecule has 0 bridgehead atoms. The quantitative estimate of drug-likeness (QED) is 0.658. The van der Waals surface area contributed by atoms with Crippen molar-refractivity contribution in [3.05, 3.63) is 0 Å². The zero-order valence-electron chi connectivity index (χ0n) is 9.45. The van der Waals surface area contributed by atoms with Crippen LogP contribution in [0.15, 0.2) is 0 Å². The molecule has 1 rings (SSSR count). The molecule has 2 unspecified atom stereocenters. The second-order valence-electron chi connectivity index (χ2n) is 4.32. The maximum Gasteiger partial charge on any atom is 0.237 e. The molecule has 0 aromatic heterocycles. The van der Waals surface area contributed by atoms with Crippen LogP contribution in [-0.2, 0) is 4.79 Å². The number of hydrogen-bond donors (Lipinski definition) is 3. The molecule has 90 valence electrons. The third-order valence-electron chi connectivity index (χ3n) is 2.66. The molecule has 0 aromatic carbocycles. The number of nitrogens with two attached hydrogens (primary N) is 1. The maximum absolute atomic E-state index is 11.6. The summed E-state index contributed by atoms with van der Waals surface area (Å²) in [6.45, 7) is 5.85. The Hall–Kier alpha value is -0.320. The van der Waals surface area contributed by atoms with Gasteiger partial charge in [-0.2, -0.15) is 0 Å². The van der Waals surface area contributed by atoms with Crippen molar-refractivity contribution in [2.24, 2.45) is 11.7 Å². The highest BCUT2D eigenvalue weighted by molar-refractivity contribution is 5.85. The Balaban J connectivity index is 0.00000196. The van der Waals surface area contributed by atoms with Gasteiger partial charge in [-0.1, -0.05) is 13.8 Å². The van der Waals surface area contributed by atoms with Gasteiger partial charge in [-0.15, -0.1) is 12.4 Å². The molecule has 4 nitrogen and oxygen atoms in total. The van der Waals surface area contributed by atoms with Gasteiger partial charge in [0, 0.05) is 12.6 Å². The van der Waals surface area contributed by atoms with Crippen LogP contribution in [0.5, 0.6) is 0 Å². The first-order valence-electron chi connectivity index (χ1n) is 5.38. The van der Waals surface area contributed by atoms with E-state index in [0.717, 1.165) is 25.9 Å². The predicted octanol–water partition coefficient (Wildman–Crippen LogP) is 0.260. The predicted molar refractivity (Wildman–Crippen MR) is 64.1 cm³/mol. The maximum atomic E-state index is 11.6. The van der Waals surface area contributed by atoms with Gasteiger partial charge in [0.25, 0.3) is 0 Å². The monoisotopic (exact) mass is 235 g/mol. The molecular weight excluding hydrogens is 214 g/mol. The van der Waals surface area contributed by atoms with Crippen LogP contribution in [0, 0.1) is 5.92 Å². The minimum atomic E-state index is -0.378. The number of nitrogens with one attached hydrogen (secondary N) is 2. The van der Waals surface area contributed by atoms with Gasteiger partial charge in [-0.3, -0.25) is 4.79 Å². The van der Waals surface area contributed by atoms with Gasteiger partial charge in [0.1, 0.15) is 0 Å². The van der Waals surface area contributed by atoms with Crippen molar-refractivity contribution in [2.75, 3.05) is 13.1 Å².